The standard InChI is InChI=1S/C70H124O6/c1-4-7-10-13-16-19-22-25-28-30-32-34-35-37-38-40-42-45-48-51-54-57-60-63-69(72)75-66-67(65-74-68(71)62-59-56-53-50-47-44-27-24-21-18-15-12-9-6-3)76-70(73)64-61-58-55-52-49-46-43-41-39-36-33-31-29-26-23-20-17-14-11-8-5-2/h7,10,16,19,23,25-26,28,31-34,67H,4-6,8-9,11-15,17-18,20-22,24,27,29-30,35-66H2,1-3H3/b10-7-,19-16-,26-23-,28-25-,33-31-,34-32-. The molecule has 0 aliphatic heterocycles. The van der Waals surface area contributed by atoms with E-state index < -0.39 is 6.10 Å². The fraction of sp³-hybridized carbons (Fsp3) is 0.786. The van der Waals surface area contributed by atoms with Crippen LogP contribution < -0.4 is 0 Å². The van der Waals surface area contributed by atoms with Crippen molar-refractivity contribution in [2.24, 2.45) is 0 Å². The van der Waals surface area contributed by atoms with Gasteiger partial charge in [-0.1, -0.05) is 299 Å². The smallest absolute Gasteiger partial charge is 0.306 e. The second-order valence-electron chi connectivity index (χ2n) is 22.0. The van der Waals surface area contributed by atoms with E-state index in [1.807, 2.05) is 0 Å². The van der Waals surface area contributed by atoms with Gasteiger partial charge >= 0.3 is 17.9 Å². The lowest BCUT2D eigenvalue weighted by Gasteiger charge is -2.18. The zero-order chi connectivity index (χ0) is 55.0. The summed E-state index contributed by atoms with van der Waals surface area (Å²) in [5.74, 6) is -0.865. The maximum Gasteiger partial charge on any atom is 0.306 e. The van der Waals surface area contributed by atoms with Gasteiger partial charge in [-0.2, -0.15) is 0 Å². The third-order valence-corrected chi connectivity index (χ3v) is 14.4. The normalized spacial score (nSPS) is 12.5. The molecule has 0 radical (unpaired) electrons. The monoisotopic (exact) mass is 1060 g/mol. The van der Waals surface area contributed by atoms with Crippen LogP contribution in [0.5, 0.6) is 0 Å². The first-order valence-electron chi connectivity index (χ1n) is 32.9. The highest BCUT2D eigenvalue weighted by atomic mass is 16.6. The molecule has 0 bridgehead atoms. The molecule has 76 heavy (non-hydrogen) atoms. The highest BCUT2D eigenvalue weighted by Gasteiger charge is 2.19. The van der Waals surface area contributed by atoms with Crippen LogP contribution in [0, 0.1) is 0 Å². The molecule has 0 saturated heterocycles. The van der Waals surface area contributed by atoms with Gasteiger partial charge in [-0.15, -0.1) is 0 Å². The Labute approximate surface area is 472 Å². The van der Waals surface area contributed by atoms with Gasteiger partial charge in [-0.25, -0.2) is 0 Å². The Kier molecular flexibility index (Phi) is 61.7. The van der Waals surface area contributed by atoms with Gasteiger partial charge in [0.2, 0.25) is 0 Å². The first kappa shape index (κ1) is 72.8. The molecule has 440 valence electrons. The summed E-state index contributed by atoms with van der Waals surface area (Å²) in [5, 5.41) is 0. The van der Waals surface area contributed by atoms with Crippen LogP contribution in [-0.2, 0) is 28.6 Å². The summed E-state index contributed by atoms with van der Waals surface area (Å²) in [5.41, 5.74) is 0. The summed E-state index contributed by atoms with van der Waals surface area (Å²) in [6.07, 6.45) is 83.3. The number of allylic oxidation sites excluding steroid dienone is 12. The predicted molar refractivity (Wildman–Crippen MR) is 330 cm³/mol. The van der Waals surface area contributed by atoms with Crippen molar-refractivity contribution in [2.75, 3.05) is 13.2 Å². The second-order valence-corrected chi connectivity index (χ2v) is 22.0. The summed E-state index contributed by atoms with van der Waals surface area (Å²) < 4.78 is 17.0. The maximum atomic E-state index is 12.9. The molecule has 0 amide bonds. The molecule has 0 aliphatic rings. The quantitative estimate of drug-likeness (QED) is 0.0261. The van der Waals surface area contributed by atoms with Crippen LogP contribution in [0.15, 0.2) is 72.9 Å². The third kappa shape index (κ3) is 61.7. The first-order valence-corrected chi connectivity index (χ1v) is 32.9. The molecular weight excluding hydrogens is 937 g/mol. The number of hydrogen-bond donors (Lipinski definition) is 0. The molecule has 0 aromatic rings. The molecule has 6 nitrogen and oxygen atoms in total. The fourth-order valence-corrected chi connectivity index (χ4v) is 9.53. The molecule has 1 atom stereocenters. The molecule has 0 aliphatic carbocycles. The summed E-state index contributed by atoms with van der Waals surface area (Å²) in [6, 6.07) is 0. The number of esters is 3. The van der Waals surface area contributed by atoms with Crippen LogP contribution in [0.2, 0.25) is 0 Å². The molecule has 6 heteroatoms. The Morgan fingerprint density at radius 1 is 0.276 bits per heavy atom. The van der Waals surface area contributed by atoms with Gasteiger partial charge in [-0.3, -0.25) is 14.4 Å². The van der Waals surface area contributed by atoms with Gasteiger partial charge in [0.05, 0.1) is 0 Å². The molecule has 0 spiro atoms. The number of ether oxygens (including phenoxy) is 3. The van der Waals surface area contributed by atoms with Gasteiger partial charge < -0.3 is 14.2 Å². The van der Waals surface area contributed by atoms with Crippen molar-refractivity contribution < 1.29 is 28.6 Å². The number of rotatable bonds is 60. The van der Waals surface area contributed by atoms with Gasteiger partial charge in [0.25, 0.3) is 0 Å². The largest absolute Gasteiger partial charge is 0.462 e. The maximum absolute atomic E-state index is 12.9. The van der Waals surface area contributed by atoms with Crippen molar-refractivity contribution in [3.05, 3.63) is 72.9 Å². The Bertz CT molecular complexity index is 1400. The van der Waals surface area contributed by atoms with Crippen LogP contribution in [-0.4, -0.2) is 37.2 Å². The minimum absolute atomic E-state index is 0.0747. The zero-order valence-electron chi connectivity index (χ0n) is 50.5. The number of carbonyl (C=O) groups is 3. The zero-order valence-corrected chi connectivity index (χ0v) is 50.5. The number of carbonyl (C=O) groups excluding carboxylic acids is 3. The highest BCUT2D eigenvalue weighted by molar-refractivity contribution is 5.71. The van der Waals surface area contributed by atoms with Crippen LogP contribution >= 0.6 is 0 Å². The summed E-state index contributed by atoms with van der Waals surface area (Å²) >= 11 is 0. The molecule has 0 aromatic heterocycles. The van der Waals surface area contributed by atoms with Gasteiger partial charge in [0, 0.05) is 19.3 Å². The van der Waals surface area contributed by atoms with E-state index in [1.54, 1.807) is 0 Å². The van der Waals surface area contributed by atoms with E-state index in [2.05, 4.69) is 93.7 Å². The lowest BCUT2D eigenvalue weighted by atomic mass is 10.0. The highest BCUT2D eigenvalue weighted by Crippen LogP contribution is 2.17. The molecule has 0 saturated carbocycles. The molecule has 0 fully saturated rings. The SMILES string of the molecule is CC/C=C\C/C=C\C/C=C\C/C=C\CCCCCCCCCCCCC(=O)OCC(COC(=O)CCCCCCCCCCCCCCCC)OC(=O)CCCCCCCCCCC/C=C\C/C=C\CCCCCCC. The van der Waals surface area contributed by atoms with Gasteiger partial charge in [-0.05, 0) is 89.9 Å². The third-order valence-electron chi connectivity index (χ3n) is 14.4. The summed E-state index contributed by atoms with van der Waals surface area (Å²) in [4.78, 5) is 38.4. The van der Waals surface area contributed by atoms with E-state index in [-0.39, 0.29) is 31.1 Å². The van der Waals surface area contributed by atoms with E-state index in [0.717, 1.165) is 89.9 Å². The van der Waals surface area contributed by atoms with Gasteiger partial charge in [0.15, 0.2) is 6.10 Å². The Balaban J connectivity index is 4.33. The Morgan fingerprint density at radius 2 is 0.513 bits per heavy atom. The molecule has 0 N–H and O–H groups in total. The van der Waals surface area contributed by atoms with E-state index in [0.29, 0.717) is 19.3 Å². The second kappa shape index (κ2) is 64.4. The van der Waals surface area contributed by atoms with E-state index in [1.165, 1.54) is 205 Å². The fourth-order valence-electron chi connectivity index (χ4n) is 9.53. The van der Waals surface area contributed by atoms with Crippen molar-refractivity contribution in [3.63, 3.8) is 0 Å². The number of unbranched alkanes of at least 4 members (excludes halogenated alkanes) is 37. The van der Waals surface area contributed by atoms with E-state index in [9.17, 15) is 14.4 Å². The molecule has 1 unspecified atom stereocenters. The van der Waals surface area contributed by atoms with Crippen LogP contribution in [0.4, 0.5) is 0 Å². The van der Waals surface area contributed by atoms with Crippen molar-refractivity contribution in [1.82, 2.24) is 0 Å². The molecular formula is C70H124O6. The minimum Gasteiger partial charge on any atom is -0.462 e. The predicted octanol–water partition coefficient (Wildman–Crippen LogP) is 22.5. The molecule has 0 heterocycles. The lowest BCUT2D eigenvalue weighted by Crippen LogP contribution is -2.30. The summed E-state index contributed by atoms with van der Waals surface area (Å²) in [7, 11) is 0. The minimum atomic E-state index is -0.779. The Morgan fingerprint density at radius 3 is 0.803 bits per heavy atom. The van der Waals surface area contributed by atoms with Gasteiger partial charge in [0.1, 0.15) is 13.2 Å². The lowest BCUT2D eigenvalue weighted by molar-refractivity contribution is -0.167. The van der Waals surface area contributed by atoms with Crippen molar-refractivity contribution in [2.45, 2.75) is 341 Å². The van der Waals surface area contributed by atoms with Crippen molar-refractivity contribution in [3.8, 4) is 0 Å². The van der Waals surface area contributed by atoms with Crippen LogP contribution in [0.25, 0.3) is 0 Å². The summed E-state index contributed by atoms with van der Waals surface area (Å²) in [6.45, 7) is 6.56. The first-order chi connectivity index (χ1) is 37.5. The topological polar surface area (TPSA) is 78.9 Å². The Hall–Kier alpha value is -3.15. The van der Waals surface area contributed by atoms with E-state index in [4.69, 9.17) is 14.2 Å². The van der Waals surface area contributed by atoms with Crippen LogP contribution in [0.3, 0.4) is 0 Å². The van der Waals surface area contributed by atoms with E-state index >= 15 is 0 Å². The van der Waals surface area contributed by atoms with Crippen molar-refractivity contribution >= 4 is 17.9 Å². The number of hydrogen-bond acceptors (Lipinski definition) is 6. The van der Waals surface area contributed by atoms with Crippen LogP contribution in [0.1, 0.15) is 335 Å². The average molecular weight is 1060 g/mol. The molecule has 0 rings (SSSR count). The van der Waals surface area contributed by atoms with Crippen molar-refractivity contribution in [1.29, 1.82) is 0 Å². The molecule has 0 aromatic carbocycles. The average Bonchev–Trinajstić information content (AvgIpc) is 3.42.